The molecular formula is C13H14BrFN2. The molecule has 0 unspecified atom stereocenters. The third-order valence-electron chi connectivity index (χ3n) is 3.33. The molecule has 1 fully saturated rings. The van der Waals surface area contributed by atoms with Crippen molar-refractivity contribution in [1.82, 2.24) is 5.32 Å². The van der Waals surface area contributed by atoms with Gasteiger partial charge in [0.05, 0.1) is 11.5 Å². The van der Waals surface area contributed by atoms with Gasteiger partial charge in [0.15, 0.2) is 0 Å². The molecule has 1 aromatic rings. The van der Waals surface area contributed by atoms with Gasteiger partial charge in [0.2, 0.25) is 0 Å². The second kappa shape index (κ2) is 5.16. The molecular weight excluding hydrogens is 283 g/mol. The average molecular weight is 297 g/mol. The minimum Gasteiger partial charge on any atom is -0.311 e. The van der Waals surface area contributed by atoms with Crippen molar-refractivity contribution in [2.24, 2.45) is 5.41 Å². The molecule has 17 heavy (non-hydrogen) atoms. The van der Waals surface area contributed by atoms with Crippen molar-refractivity contribution >= 4 is 15.9 Å². The van der Waals surface area contributed by atoms with Crippen molar-refractivity contribution in [1.29, 1.82) is 5.26 Å². The normalized spacial score (nSPS) is 17.2. The van der Waals surface area contributed by atoms with E-state index in [9.17, 15) is 4.39 Å². The van der Waals surface area contributed by atoms with Crippen LogP contribution in [-0.4, -0.2) is 6.54 Å². The van der Waals surface area contributed by atoms with Gasteiger partial charge in [0.1, 0.15) is 5.82 Å². The third kappa shape index (κ3) is 2.85. The monoisotopic (exact) mass is 296 g/mol. The van der Waals surface area contributed by atoms with Crippen molar-refractivity contribution in [3.63, 3.8) is 0 Å². The summed E-state index contributed by atoms with van der Waals surface area (Å²) in [5.41, 5.74) is 0.425. The predicted molar refractivity (Wildman–Crippen MR) is 67.7 cm³/mol. The van der Waals surface area contributed by atoms with Gasteiger partial charge in [-0.2, -0.15) is 5.26 Å². The molecule has 1 N–H and O–H groups in total. The molecule has 0 aliphatic heterocycles. The summed E-state index contributed by atoms with van der Waals surface area (Å²) in [6.45, 7) is 1.12. The Labute approximate surface area is 109 Å². The predicted octanol–water partition coefficient (Wildman–Crippen LogP) is 3.37. The van der Waals surface area contributed by atoms with Crippen LogP contribution in [0.25, 0.3) is 0 Å². The van der Waals surface area contributed by atoms with Crippen molar-refractivity contribution in [2.45, 2.75) is 25.8 Å². The molecule has 1 aliphatic carbocycles. The molecule has 0 bridgehead atoms. The first-order chi connectivity index (χ1) is 8.15. The van der Waals surface area contributed by atoms with Crippen molar-refractivity contribution in [3.8, 4) is 6.07 Å². The second-order valence-corrected chi connectivity index (χ2v) is 5.50. The molecule has 0 heterocycles. The lowest BCUT2D eigenvalue weighted by Gasteiger charge is -2.35. The summed E-state index contributed by atoms with van der Waals surface area (Å²) in [4.78, 5) is 0. The molecule has 0 spiro atoms. The van der Waals surface area contributed by atoms with Crippen LogP contribution in [0.15, 0.2) is 22.7 Å². The third-order valence-corrected chi connectivity index (χ3v) is 3.83. The highest BCUT2D eigenvalue weighted by Gasteiger charge is 2.36. The van der Waals surface area contributed by atoms with Crippen LogP contribution >= 0.6 is 15.9 Å². The average Bonchev–Trinajstić information content (AvgIpc) is 2.27. The summed E-state index contributed by atoms with van der Waals surface area (Å²) >= 11 is 3.32. The molecule has 0 atom stereocenters. The minimum absolute atomic E-state index is 0.206. The highest BCUT2D eigenvalue weighted by Crippen LogP contribution is 2.39. The summed E-state index contributed by atoms with van der Waals surface area (Å²) < 4.78 is 14.3. The Hall–Kier alpha value is -0.920. The van der Waals surface area contributed by atoms with E-state index in [0.717, 1.165) is 23.7 Å². The van der Waals surface area contributed by atoms with Gasteiger partial charge in [-0.25, -0.2) is 4.39 Å². The van der Waals surface area contributed by atoms with Crippen molar-refractivity contribution in [3.05, 3.63) is 34.1 Å². The Bertz CT molecular complexity index is 449. The van der Waals surface area contributed by atoms with Crippen LogP contribution in [0.4, 0.5) is 4.39 Å². The van der Waals surface area contributed by atoms with Gasteiger partial charge in [0.25, 0.3) is 0 Å². The summed E-state index contributed by atoms with van der Waals surface area (Å²) in [7, 11) is 0. The number of nitriles is 1. The number of hydrogen-bond donors (Lipinski definition) is 1. The maximum Gasteiger partial charge on any atom is 0.127 e. The topological polar surface area (TPSA) is 35.8 Å². The number of nitrogens with one attached hydrogen (secondary N) is 1. The van der Waals surface area contributed by atoms with Gasteiger partial charge in [-0.3, -0.25) is 0 Å². The molecule has 1 aliphatic rings. The van der Waals surface area contributed by atoms with E-state index in [0.29, 0.717) is 18.7 Å². The highest BCUT2D eigenvalue weighted by molar-refractivity contribution is 9.10. The largest absolute Gasteiger partial charge is 0.311 e. The molecule has 0 radical (unpaired) electrons. The fourth-order valence-electron chi connectivity index (χ4n) is 2.05. The van der Waals surface area contributed by atoms with E-state index in [1.165, 1.54) is 6.07 Å². The lowest BCUT2D eigenvalue weighted by atomic mass is 9.70. The van der Waals surface area contributed by atoms with Crippen LogP contribution in [-0.2, 0) is 6.54 Å². The number of hydrogen-bond acceptors (Lipinski definition) is 2. The maximum absolute atomic E-state index is 13.4. The van der Waals surface area contributed by atoms with Gasteiger partial charge in [-0.05, 0) is 31.0 Å². The van der Waals surface area contributed by atoms with Crippen LogP contribution in [0.3, 0.4) is 0 Å². The summed E-state index contributed by atoms with van der Waals surface area (Å²) in [6, 6.07) is 7.26. The quantitative estimate of drug-likeness (QED) is 0.925. The zero-order chi connectivity index (χ0) is 12.3. The Morgan fingerprint density at radius 1 is 1.47 bits per heavy atom. The SMILES string of the molecule is N#CC1(CNCc2cc(Br)ccc2F)CCC1. The molecule has 2 nitrogen and oxygen atoms in total. The summed E-state index contributed by atoms with van der Waals surface area (Å²) in [5, 5.41) is 12.2. The highest BCUT2D eigenvalue weighted by atomic mass is 79.9. The molecule has 2 rings (SSSR count). The van der Waals surface area contributed by atoms with Crippen LogP contribution < -0.4 is 5.32 Å². The van der Waals surface area contributed by atoms with Gasteiger partial charge >= 0.3 is 0 Å². The fourth-order valence-corrected chi connectivity index (χ4v) is 2.46. The molecule has 4 heteroatoms. The molecule has 0 saturated heterocycles. The number of nitrogens with zero attached hydrogens (tertiary/aromatic N) is 1. The first-order valence-corrected chi connectivity index (χ1v) is 6.50. The molecule has 1 saturated carbocycles. The Balaban J connectivity index is 1.90. The summed E-state index contributed by atoms with van der Waals surface area (Å²) in [6.07, 6.45) is 3.04. The van der Waals surface area contributed by atoms with Crippen molar-refractivity contribution in [2.75, 3.05) is 6.54 Å². The smallest absolute Gasteiger partial charge is 0.127 e. The first-order valence-electron chi connectivity index (χ1n) is 5.71. The van der Waals surface area contributed by atoms with E-state index in [-0.39, 0.29) is 11.2 Å². The molecule has 0 aromatic heterocycles. The van der Waals surface area contributed by atoms with E-state index in [4.69, 9.17) is 5.26 Å². The number of benzene rings is 1. The lowest BCUT2D eigenvalue weighted by Crippen LogP contribution is -2.38. The fraction of sp³-hybridized carbons (Fsp3) is 0.462. The summed E-state index contributed by atoms with van der Waals surface area (Å²) in [5.74, 6) is -0.208. The van der Waals surface area contributed by atoms with E-state index in [1.54, 1.807) is 12.1 Å². The zero-order valence-corrected chi connectivity index (χ0v) is 11.1. The Kier molecular flexibility index (Phi) is 3.80. The lowest BCUT2D eigenvalue weighted by molar-refractivity contribution is 0.206. The van der Waals surface area contributed by atoms with Gasteiger partial charge in [-0.15, -0.1) is 0 Å². The van der Waals surface area contributed by atoms with Crippen LogP contribution in [0.2, 0.25) is 0 Å². The minimum atomic E-state index is -0.208. The van der Waals surface area contributed by atoms with E-state index in [1.807, 2.05) is 0 Å². The van der Waals surface area contributed by atoms with E-state index < -0.39 is 0 Å². The van der Waals surface area contributed by atoms with Crippen LogP contribution in [0.1, 0.15) is 24.8 Å². The molecule has 90 valence electrons. The Morgan fingerprint density at radius 3 is 2.82 bits per heavy atom. The van der Waals surface area contributed by atoms with Crippen molar-refractivity contribution < 1.29 is 4.39 Å². The van der Waals surface area contributed by atoms with Crippen LogP contribution in [0.5, 0.6) is 0 Å². The number of halogens is 2. The molecule has 0 amide bonds. The first kappa shape index (κ1) is 12.5. The standard InChI is InChI=1S/C13H14BrFN2/c14-11-2-3-12(15)10(6-11)7-17-9-13(8-16)4-1-5-13/h2-3,6,17H,1,4-5,7,9H2. The van der Waals surface area contributed by atoms with Gasteiger partial charge in [-0.1, -0.05) is 22.4 Å². The van der Waals surface area contributed by atoms with Gasteiger partial charge < -0.3 is 5.32 Å². The van der Waals surface area contributed by atoms with E-state index >= 15 is 0 Å². The van der Waals surface area contributed by atoms with E-state index in [2.05, 4.69) is 27.3 Å². The maximum atomic E-state index is 13.4. The Morgan fingerprint density at radius 2 is 2.24 bits per heavy atom. The van der Waals surface area contributed by atoms with Gasteiger partial charge in [0, 0.05) is 23.1 Å². The second-order valence-electron chi connectivity index (χ2n) is 4.58. The molecule has 1 aromatic carbocycles. The number of rotatable bonds is 4. The van der Waals surface area contributed by atoms with Crippen LogP contribution in [0, 0.1) is 22.6 Å². The zero-order valence-electron chi connectivity index (χ0n) is 9.47.